The van der Waals surface area contributed by atoms with E-state index in [1.165, 1.54) is 0 Å². The Morgan fingerprint density at radius 3 is 1.56 bits per heavy atom. The van der Waals surface area contributed by atoms with Gasteiger partial charge in [-0.2, -0.15) is 0 Å². The maximum Gasteiger partial charge on any atom is 0.306 e. The van der Waals surface area contributed by atoms with Crippen LogP contribution in [0.2, 0.25) is 0 Å². The third-order valence-corrected chi connectivity index (χ3v) is 2.16. The fourth-order valence-electron chi connectivity index (χ4n) is 1.16. The van der Waals surface area contributed by atoms with Crippen molar-refractivity contribution in [1.82, 2.24) is 0 Å². The molecule has 4 nitrogen and oxygen atoms in total. The van der Waals surface area contributed by atoms with Crippen molar-refractivity contribution in [2.45, 2.75) is 39.5 Å². The molecule has 0 N–H and O–H groups in total. The van der Waals surface area contributed by atoms with Gasteiger partial charge < -0.3 is 9.47 Å². The van der Waals surface area contributed by atoms with E-state index >= 15 is 0 Å². The van der Waals surface area contributed by atoms with Gasteiger partial charge in [0.05, 0.1) is 0 Å². The van der Waals surface area contributed by atoms with Crippen LogP contribution in [0.5, 0.6) is 0 Å². The highest BCUT2D eigenvalue weighted by Crippen LogP contribution is 2.03. The van der Waals surface area contributed by atoms with Crippen molar-refractivity contribution >= 4 is 11.9 Å². The zero-order valence-electron chi connectivity index (χ0n) is 11.2. The second kappa shape index (κ2) is 11.9. The Bertz CT molecular complexity index is 262. The quantitative estimate of drug-likeness (QED) is 0.360. The highest BCUT2D eigenvalue weighted by Gasteiger charge is 2.04. The predicted octanol–water partition coefficient (Wildman–Crippen LogP) is 2.79. The molecule has 0 aliphatic rings. The molecule has 0 aliphatic carbocycles. The highest BCUT2D eigenvalue weighted by molar-refractivity contribution is 5.70. The Morgan fingerprint density at radius 2 is 1.22 bits per heavy atom. The largest absolute Gasteiger partial charge is 0.461 e. The van der Waals surface area contributed by atoms with Crippen molar-refractivity contribution in [2.24, 2.45) is 0 Å². The Morgan fingerprint density at radius 1 is 0.833 bits per heavy atom. The summed E-state index contributed by atoms with van der Waals surface area (Å²) >= 11 is 0. The molecule has 4 heteroatoms. The molecule has 0 aliphatic heterocycles. The molecule has 0 aromatic rings. The first-order chi connectivity index (χ1) is 8.70. The van der Waals surface area contributed by atoms with Gasteiger partial charge in [0.2, 0.25) is 0 Å². The molecule has 0 bridgehead atoms. The van der Waals surface area contributed by atoms with Crippen molar-refractivity contribution in [2.75, 3.05) is 13.2 Å². The van der Waals surface area contributed by atoms with Crippen LogP contribution in [0.1, 0.15) is 39.5 Å². The third kappa shape index (κ3) is 10.9. The minimum absolute atomic E-state index is 0.226. The van der Waals surface area contributed by atoms with Crippen LogP contribution < -0.4 is 0 Å². The molecule has 0 unspecified atom stereocenters. The number of allylic oxidation sites excluding steroid dienone is 2. The minimum atomic E-state index is -0.226. The topological polar surface area (TPSA) is 52.6 Å². The first kappa shape index (κ1) is 16.4. The lowest BCUT2D eigenvalue weighted by molar-refractivity contribution is -0.144. The summed E-state index contributed by atoms with van der Waals surface area (Å²) in [7, 11) is 0. The SMILES string of the molecule is C/C=C\COC(=O)CCCCC(=O)OC/C=C\C. The van der Waals surface area contributed by atoms with Crippen molar-refractivity contribution in [3.63, 3.8) is 0 Å². The van der Waals surface area contributed by atoms with Gasteiger partial charge in [0, 0.05) is 12.8 Å². The molecular weight excluding hydrogens is 232 g/mol. The Balaban J connectivity index is 3.43. The standard InChI is InChI=1S/C14H22O4/c1-3-5-11-17-13(15)9-7-8-10-14(16)18-12-6-4-2/h3-6H,7-12H2,1-2H3/b5-3-,6-4-. The van der Waals surface area contributed by atoms with Gasteiger partial charge in [0.1, 0.15) is 13.2 Å². The zero-order valence-corrected chi connectivity index (χ0v) is 11.2. The molecule has 0 saturated heterocycles. The Hall–Kier alpha value is -1.58. The highest BCUT2D eigenvalue weighted by atomic mass is 16.5. The molecule has 0 spiro atoms. The van der Waals surface area contributed by atoms with Gasteiger partial charge in [-0.3, -0.25) is 9.59 Å². The summed E-state index contributed by atoms with van der Waals surface area (Å²) in [6, 6.07) is 0. The van der Waals surface area contributed by atoms with Crippen LogP contribution >= 0.6 is 0 Å². The van der Waals surface area contributed by atoms with Crippen LogP contribution in [0.25, 0.3) is 0 Å². The van der Waals surface area contributed by atoms with E-state index in [1.807, 2.05) is 26.0 Å². The van der Waals surface area contributed by atoms with Gasteiger partial charge in [-0.1, -0.05) is 24.3 Å². The molecular formula is C14H22O4. The average Bonchev–Trinajstić information content (AvgIpc) is 2.35. The van der Waals surface area contributed by atoms with Crippen molar-refractivity contribution in [3.8, 4) is 0 Å². The lowest BCUT2D eigenvalue weighted by Gasteiger charge is -2.03. The molecule has 0 radical (unpaired) electrons. The number of rotatable bonds is 9. The van der Waals surface area contributed by atoms with E-state index in [-0.39, 0.29) is 11.9 Å². The van der Waals surface area contributed by atoms with Crippen molar-refractivity contribution in [1.29, 1.82) is 0 Å². The van der Waals surface area contributed by atoms with Gasteiger partial charge in [0.15, 0.2) is 0 Å². The van der Waals surface area contributed by atoms with E-state index in [0.29, 0.717) is 38.9 Å². The smallest absolute Gasteiger partial charge is 0.306 e. The molecule has 0 saturated carbocycles. The Labute approximate surface area is 109 Å². The normalized spacial score (nSPS) is 11.0. The van der Waals surface area contributed by atoms with Crippen LogP contribution in [0.15, 0.2) is 24.3 Å². The summed E-state index contributed by atoms with van der Waals surface area (Å²) in [6.45, 7) is 4.38. The molecule has 0 heterocycles. The monoisotopic (exact) mass is 254 g/mol. The summed E-state index contributed by atoms with van der Waals surface area (Å²) in [5.41, 5.74) is 0. The van der Waals surface area contributed by atoms with E-state index in [1.54, 1.807) is 12.2 Å². The van der Waals surface area contributed by atoms with Crippen LogP contribution in [0, 0.1) is 0 Å². The number of carbonyl (C=O) groups excluding carboxylic acids is 2. The fourth-order valence-corrected chi connectivity index (χ4v) is 1.16. The van der Waals surface area contributed by atoms with E-state index in [2.05, 4.69) is 0 Å². The molecule has 102 valence electrons. The molecule has 0 fully saturated rings. The molecule has 0 aromatic carbocycles. The van der Waals surface area contributed by atoms with Crippen LogP contribution in [-0.4, -0.2) is 25.2 Å². The van der Waals surface area contributed by atoms with E-state index in [4.69, 9.17) is 9.47 Å². The molecule has 18 heavy (non-hydrogen) atoms. The van der Waals surface area contributed by atoms with Crippen LogP contribution in [0.3, 0.4) is 0 Å². The predicted molar refractivity (Wildman–Crippen MR) is 70.0 cm³/mol. The number of esters is 2. The average molecular weight is 254 g/mol. The van der Waals surface area contributed by atoms with Crippen LogP contribution in [-0.2, 0) is 19.1 Å². The van der Waals surface area contributed by atoms with E-state index < -0.39 is 0 Å². The minimum Gasteiger partial charge on any atom is -0.461 e. The third-order valence-electron chi connectivity index (χ3n) is 2.16. The van der Waals surface area contributed by atoms with E-state index in [0.717, 1.165) is 0 Å². The number of unbranched alkanes of at least 4 members (excludes halogenated alkanes) is 1. The Kier molecular flexibility index (Phi) is 10.8. The summed E-state index contributed by atoms with van der Waals surface area (Å²) in [4.78, 5) is 22.4. The van der Waals surface area contributed by atoms with Crippen molar-refractivity contribution < 1.29 is 19.1 Å². The summed E-state index contributed by atoms with van der Waals surface area (Å²) in [5, 5.41) is 0. The number of hydrogen-bond acceptors (Lipinski definition) is 4. The molecule has 0 rings (SSSR count). The zero-order chi connectivity index (χ0) is 13.6. The summed E-state index contributed by atoms with van der Waals surface area (Å²) in [6.07, 6.45) is 9.19. The van der Waals surface area contributed by atoms with Crippen molar-refractivity contribution in [3.05, 3.63) is 24.3 Å². The second-order valence-corrected chi connectivity index (χ2v) is 3.71. The van der Waals surface area contributed by atoms with Gasteiger partial charge in [-0.05, 0) is 26.7 Å². The van der Waals surface area contributed by atoms with Crippen LogP contribution in [0.4, 0.5) is 0 Å². The fraction of sp³-hybridized carbons (Fsp3) is 0.571. The number of ether oxygens (including phenoxy) is 2. The number of carbonyl (C=O) groups is 2. The summed E-state index contributed by atoms with van der Waals surface area (Å²) < 4.78 is 9.84. The van der Waals surface area contributed by atoms with Gasteiger partial charge in [-0.15, -0.1) is 0 Å². The second-order valence-electron chi connectivity index (χ2n) is 3.71. The lowest BCUT2D eigenvalue weighted by atomic mass is 10.2. The van der Waals surface area contributed by atoms with Gasteiger partial charge in [0.25, 0.3) is 0 Å². The molecule has 0 atom stereocenters. The van der Waals surface area contributed by atoms with E-state index in [9.17, 15) is 9.59 Å². The maximum absolute atomic E-state index is 11.2. The van der Waals surface area contributed by atoms with Gasteiger partial charge >= 0.3 is 11.9 Å². The summed E-state index contributed by atoms with van der Waals surface area (Å²) in [5.74, 6) is -0.453. The van der Waals surface area contributed by atoms with Gasteiger partial charge in [-0.25, -0.2) is 0 Å². The maximum atomic E-state index is 11.2. The number of hydrogen-bond donors (Lipinski definition) is 0. The molecule has 0 aromatic heterocycles. The lowest BCUT2D eigenvalue weighted by Crippen LogP contribution is -2.06. The molecule has 0 amide bonds. The first-order valence-electron chi connectivity index (χ1n) is 6.24. The first-order valence-corrected chi connectivity index (χ1v) is 6.24.